The normalized spacial score (nSPS) is 27.6. The van der Waals surface area contributed by atoms with E-state index in [1.54, 1.807) is 0 Å². The molecule has 16 heavy (non-hydrogen) atoms. The zero-order valence-corrected chi connectivity index (χ0v) is 12.2. The van der Waals surface area contributed by atoms with Gasteiger partial charge in [-0.15, -0.1) is 0 Å². The average Bonchev–Trinajstić information content (AvgIpc) is 2.57. The Morgan fingerprint density at radius 2 is 1.69 bits per heavy atom. The van der Waals surface area contributed by atoms with E-state index in [2.05, 4.69) is 22.6 Å². The van der Waals surface area contributed by atoms with E-state index in [0.29, 0.717) is 6.10 Å². The van der Waals surface area contributed by atoms with Gasteiger partial charge in [-0.25, -0.2) is 0 Å². The van der Waals surface area contributed by atoms with Crippen LogP contribution in [0.3, 0.4) is 0 Å². The van der Waals surface area contributed by atoms with Crippen molar-refractivity contribution in [3.8, 4) is 0 Å². The molecular weight excluding hydrogens is 315 g/mol. The van der Waals surface area contributed by atoms with E-state index in [4.69, 9.17) is 9.47 Å². The fraction of sp³-hybridized carbons (Fsp3) is 1.00. The Balaban J connectivity index is 1.90. The smallest absolute Gasteiger partial charge is 0.0775 e. The van der Waals surface area contributed by atoms with Gasteiger partial charge in [0.15, 0.2) is 0 Å². The lowest BCUT2D eigenvalue weighted by molar-refractivity contribution is -0.119. The van der Waals surface area contributed by atoms with Crippen molar-refractivity contribution in [1.82, 2.24) is 0 Å². The minimum Gasteiger partial charge on any atom is -0.381 e. The average molecular weight is 338 g/mol. The van der Waals surface area contributed by atoms with Crippen molar-refractivity contribution in [2.45, 2.75) is 63.1 Å². The van der Waals surface area contributed by atoms with Crippen LogP contribution in [0.25, 0.3) is 0 Å². The van der Waals surface area contributed by atoms with E-state index < -0.39 is 0 Å². The number of hydrogen-bond acceptors (Lipinski definition) is 2. The zero-order valence-electron chi connectivity index (χ0n) is 10.0. The van der Waals surface area contributed by atoms with Gasteiger partial charge in [-0.2, -0.15) is 0 Å². The van der Waals surface area contributed by atoms with Crippen LogP contribution < -0.4 is 0 Å². The molecule has 0 spiro atoms. The summed E-state index contributed by atoms with van der Waals surface area (Å²) in [5, 5.41) is 0. The molecule has 1 heterocycles. The van der Waals surface area contributed by atoms with Gasteiger partial charge in [-0.05, 0) is 25.7 Å². The van der Waals surface area contributed by atoms with Gasteiger partial charge in [-0.3, -0.25) is 0 Å². The molecule has 2 fully saturated rings. The van der Waals surface area contributed by atoms with Crippen LogP contribution in [0, 0.1) is 0 Å². The summed E-state index contributed by atoms with van der Waals surface area (Å²) in [4.78, 5) is 0. The largest absolute Gasteiger partial charge is 0.381 e. The monoisotopic (exact) mass is 338 g/mol. The van der Waals surface area contributed by atoms with Gasteiger partial charge in [0.1, 0.15) is 0 Å². The van der Waals surface area contributed by atoms with Crippen LogP contribution >= 0.6 is 22.6 Å². The van der Waals surface area contributed by atoms with Gasteiger partial charge < -0.3 is 9.47 Å². The van der Waals surface area contributed by atoms with E-state index in [1.807, 2.05) is 0 Å². The minimum absolute atomic E-state index is 0.194. The van der Waals surface area contributed by atoms with Crippen LogP contribution in [0.5, 0.6) is 0 Å². The summed E-state index contributed by atoms with van der Waals surface area (Å²) in [6.07, 6.45) is 10.7. The lowest BCUT2D eigenvalue weighted by Crippen LogP contribution is -2.40. The quantitative estimate of drug-likeness (QED) is 0.444. The van der Waals surface area contributed by atoms with Crippen molar-refractivity contribution in [1.29, 1.82) is 0 Å². The molecule has 0 aromatic carbocycles. The van der Waals surface area contributed by atoms with E-state index in [9.17, 15) is 0 Å². The SMILES string of the molecule is ICC1(OC2CCOCC2)CCCCCC1. The Bertz CT molecular complexity index is 194. The van der Waals surface area contributed by atoms with E-state index in [-0.39, 0.29) is 5.60 Å². The first-order valence-electron chi connectivity index (χ1n) is 6.66. The molecule has 0 atom stereocenters. The maximum Gasteiger partial charge on any atom is 0.0775 e. The summed E-state index contributed by atoms with van der Waals surface area (Å²) in [6.45, 7) is 1.78. The lowest BCUT2D eigenvalue weighted by Gasteiger charge is -2.37. The van der Waals surface area contributed by atoms with Crippen LogP contribution in [0.1, 0.15) is 51.4 Å². The van der Waals surface area contributed by atoms with Gasteiger partial charge in [-0.1, -0.05) is 48.3 Å². The van der Waals surface area contributed by atoms with Crippen molar-refractivity contribution < 1.29 is 9.47 Å². The predicted octanol–water partition coefficient (Wildman–Crippen LogP) is 3.71. The third kappa shape index (κ3) is 3.57. The van der Waals surface area contributed by atoms with Crippen molar-refractivity contribution in [2.24, 2.45) is 0 Å². The first-order chi connectivity index (χ1) is 7.85. The molecule has 0 aromatic rings. The Morgan fingerprint density at radius 1 is 1.06 bits per heavy atom. The molecule has 1 aliphatic carbocycles. The molecule has 0 radical (unpaired) electrons. The molecule has 0 bridgehead atoms. The number of alkyl halides is 1. The van der Waals surface area contributed by atoms with Gasteiger partial charge in [0.2, 0.25) is 0 Å². The first kappa shape index (κ1) is 13.1. The summed E-state index contributed by atoms with van der Waals surface area (Å²) < 4.78 is 13.0. The molecule has 2 aliphatic rings. The zero-order chi connectivity index (χ0) is 11.3. The highest BCUT2D eigenvalue weighted by molar-refractivity contribution is 14.1. The van der Waals surface area contributed by atoms with Gasteiger partial charge in [0, 0.05) is 17.6 Å². The van der Waals surface area contributed by atoms with Gasteiger partial charge >= 0.3 is 0 Å². The van der Waals surface area contributed by atoms with Crippen LogP contribution in [-0.2, 0) is 9.47 Å². The molecule has 1 aliphatic heterocycles. The Kier molecular flexibility index (Phi) is 5.36. The maximum absolute atomic E-state index is 6.46. The van der Waals surface area contributed by atoms with Crippen LogP contribution in [0.15, 0.2) is 0 Å². The van der Waals surface area contributed by atoms with Gasteiger partial charge in [0.05, 0.1) is 11.7 Å². The van der Waals surface area contributed by atoms with Crippen LogP contribution in [-0.4, -0.2) is 29.3 Å². The molecule has 0 N–H and O–H groups in total. The van der Waals surface area contributed by atoms with Gasteiger partial charge in [0.25, 0.3) is 0 Å². The van der Waals surface area contributed by atoms with Crippen molar-refractivity contribution in [2.75, 3.05) is 17.6 Å². The number of halogens is 1. The number of rotatable bonds is 3. The molecule has 0 unspecified atom stereocenters. The van der Waals surface area contributed by atoms with E-state index in [1.165, 1.54) is 38.5 Å². The first-order valence-corrected chi connectivity index (χ1v) is 8.19. The summed E-state index contributed by atoms with van der Waals surface area (Å²) in [5.41, 5.74) is 0.194. The molecule has 0 aromatic heterocycles. The van der Waals surface area contributed by atoms with Crippen molar-refractivity contribution in [3.05, 3.63) is 0 Å². The highest BCUT2D eigenvalue weighted by atomic mass is 127. The van der Waals surface area contributed by atoms with Crippen LogP contribution in [0.4, 0.5) is 0 Å². The molecule has 1 saturated carbocycles. The fourth-order valence-electron chi connectivity index (χ4n) is 2.80. The highest BCUT2D eigenvalue weighted by Gasteiger charge is 2.33. The molecule has 2 nitrogen and oxygen atoms in total. The Hall–Kier alpha value is 0.650. The third-order valence-electron chi connectivity index (χ3n) is 3.84. The Morgan fingerprint density at radius 3 is 2.25 bits per heavy atom. The van der Waals surface area contributed by atoms with E-state index in [0.717, 1.165) is 30.5 Å². The maximum atomic E-state index is 6.46. The highest BCUT2D eigenvalue weighted by Crippen LogP contribution is 2.34. The molecular formula is C13H23IO2. The Labute approximate surface area is 113 Å². The molecule has 2 rings (SSSR count). The second-order valence-corrected chi connectivity index (χ2v) is 5.92. The number of ether oxygens (including phenoxy) is 2. The molecule has 0 amide bonds. The van der Waals surface area contributed by atoms with Crippen molar-refractivity contribution >= 4 is 22.6 Å². The summed E-state index contributed by atoms with van der Waals surface area (Å²) in [5.74, 6) is 0. The fourth-order valence-corrected chi connectivity index (χ4v) is 3.75. The lowest BCUT2D eigenvalue weighted by atomic mass is 9.96. The second kappa shape index (κ2) is 6.55. The molecule has 1 saturated heterocycles. The molecule has 3 heteroatoms. The third-order valence-corrected chi connectivity index (χ3v) is 5.23. The van der Waals surface area contributed by atoms with Crippen molar-refractivity contribution in [3.63, 3.8) is 0 Å². The summed E-state index contributed by atoms with van der Waals surface area (Å²) in [6, 6.07) is 0. The summed E-state index contributed by atoms with van der Waals surface area (Å²) >= 11 is 2.52. The van der Waals surface area contributed by atoms with E-state index >= 15 is 0 Å². The number of hydrogen-bond donors (Lipinski definition) is 0. The predicted molar refractivity (Wildman–Crippen MR) is 74.2 cm³/mol. The minimum atomic E-state index is 0.194. The topological polar surface area (TPSA) is 18.5 Å². The standard InChI is InChI=1S/C13H23IO2/c14-11-13(7-3-1-2-4-8-13)16-12-5-9-15-10-6-12/h12H,1-11H2. The van der Waals surface area contributed by atoms with Crippen LogP contribution in [0.2, 0.25) is 0 Å². The summed E-state index contributed by atoms with van der Waals surface area (Å²) in [7, 11) is 0. The second-order valence-electron chi connectivity index (χ2n) is 5.16. The molecule has 94 valence electrons.